The van der Waals surface area contributed by atoms with E-state index >= 15 is 0 Å². The number of hydrogen-bond acceptors (Lipinski definition) is 1. The third-order valence-electron chi connectivity index (χ3n) is 4.14. The highest BCUT2D eigenvalue weighted by atomic mass is 14.9. The minimum Gasteiger partial charge on any atom is -0.312 e. The molecule has 17 heavy (non-hydrogen) atoms. The summed E-state index contributed by atoms with van der Waals surface area (Å²) in [4.78, 5) is 0. The lowest BCUT2D eigenvalue weighted by molar-refractivity contribution is 0.470. The Kier molecular flexibility index (Phi) is 4.22. The molecule has 2 unspecified atom stereocenters. The molecule has 94 valence electrons. The fraction of sp³-hybridized carbons (Fsp3) is 0.625. The van der Waals surface area contributed by atoms with Gasteiger partial charge in [-0.3, -0.25) is 0 Å². The first-order chi connectivity index (χ1) is 8.15. The van der Waals surface area contributed by atoms with E-state index in [-0.39, 0.29) is 0 Å². The molecule has 0 radical (unpaired) electrons. The summed E-state index contributed by atoms with van der Waals surface area (Å²) in [5.41, 5.74) is 4.20. The molecule has 1 aromatic rings. The van der Waals surface area contributed by atoms with Gasteiger partial charge in [0.15, 0.2) is 0 Å². The molecular formula is C16H25N. The average Bonchev–Trinajstić information content (AvgIpc) is 2.70. The topological polar surface area (TPSA) is 12.0 Å². The fourth-order valence-electron chi connectivity index (χ4n) is 2.84. The number of nitrogens with one attached hydrogen (secondary N) is 1. The molecule has 0 bridgehead atoms. The van der Waals surface area contributed by atoms with Crippen molar-refractivity contribution in [1.82, 2.24) is 5.32 Å². The van der Waals surface area contributed by atoms with Crippen molar-refractivity contribution in [2.24, 2.45) is 11.8 Å². The minimum absolute atomic E-state index is 0.913. The Morgan fingerprint density at radius 2 is 2.00 bits per heavy atom. The molecule has 1 nitrogen and oxygen atoms in total. The van der Waals surface area contributed by atoms with Gasteiger partial charge < -0.3 is 5.32 Å². The summed E-state index contributed by atoms with van der Waals surface area (Å²) in [5, 5.41) is 3.61. The van der Waals surface area contributed by atoms with Crippen LogP contribution in [0.2, 0.25) is 0 Å². The van der Waals surface area contributed by atoms with E-state index in [0.29, 0.717) is 0 Å². The third kappa shape index (κ3) is 3.57. The molecule has 0 heterocycles. The highest BCUT2D eigenvalue weighted by Gasteiger charge is 2.20. The Bertz CT molecular complexity index is 370. The molecule has 0 amide bonds. The van der Waals surface area contributed by atoms with Gasteiger partial charge in [0.1, 0.15) is 0 Å². The van der Waals surface area contributed by atoms with Crippen molar-refractivity contribution in [2.75, 3.05) is 6.54 Å². The third-order valence-corrected chi connectivity index (χ3v) is 4.14. The first kappa shape index (κ1) is 12.6. The number of benzene rings is 1. The lowest BCUT2D eigenvalue weighted by Gasteiger charge is -2.12. The van der Waals surface area contributed by atoms with Crippen molar-refractivity contribution in [3.63, 3.8) is 0 Å². The van der Waals surface area contributed by atoms with Crippen LogP contribution >= 0.6 is 0 Å². The van der Waals surface area contributed by atoms with Gasteiger partial charge in [-0.1, -0.05) is 31.5 Å². The maximum atomic E-state index is 3.61. The number of aryl methyl sites for hydroxylation is 2. The Morgan fingerprint density at radius 1 is 1.18 bits per heavy atom. The van der Waals surface area contributed by atoms with Crippen molar-refractivity contribution >= 4 is 0 Å². The second kappa shape index (κ2) is 5.68. The van der Waals surface area contributed by atoms with Crippen molar-refractivity contribution in [3.8, 4) is 0 Å². The monoisotopic (exact) mass is 231 g/mol. The summed E-state index contributed by atoms with van der Waals surface area (Å²) in [5.74, 6) is 1.86. The summed E-state index contributed by atoms with van der Waals surface area (Å²) < 4.78 is 0. The van der Waals surface area contributed by atoms with Gasteiger partial charge in [0.25, 0.3) is 0 Å². The van der Waals surface area contributed by atoms with Gasteiger partial charge in [-0.25, -0.2) is 0 Å². The van der Waals surface area contributed by atoms with E-state index in [1.165, 1.54) is 42.5 Å². The zero-order chi connectivity index (χ0) is 12.3. The van der Waals surface area contributed by atoms with E-state index in [1.54, 1.807) is 0 Å². The lowest BCUT2D eigenvalue weighted by Crippen LogP contribution is -2.21. The summed E-state index contributed by atoms with van der Waals surface area (Å²) in [6, 6.07) is 6.77. The lowest BCUT2D eigenvalue weighted by atomic mass is 10.0. The zero-order valence-corrected chi connectivity index (χ0v) is 11.4. The summed E-state index contributed by atoms with van der Waals surface area (Å²) in [6.07, 6.45) is 4.26. The highest BCUT2D eigenvalue weighted by Crippen LogP contribution is 2.29. The Hall–Kier alpha value is -0.820. The van der Waals surface area contributed by atoms with Crippen molar-refractivity contribution in [3.05, 3.63) is 34.9 Å². The molecule has 1 N–H and O–H groups in total. The smallest absolute Gasteiger partial charge is 0.0205 e. The maximum absolute atomic E-state index is 3.61. The van der Waals surface area contributed by atoms with Crippen LogP contribution in [0.25, 0.3) is 0 Å². The number of hydrogen-bond donors (Lipinski definition) is 1. The molecule has 1 saturated carbocycles. The van der Waals surface area contributed by atoms with Gasteiger partial charge in [0, 0.05) is 6.54 Å². The molecule has 1 aliphatic carbocycles. The van der Waals surface area contributed by atoms with Crippen LogP contribution in [0, 0.1) is 25.7 Å². The van der Waals surface area contributed by atoms with E-state index in [2.05, 4.69) is 44.3 Å². The average molecular weight is 231 g/mol. The Balaban J connectivity index is 1.76. The van der Waals surface area contributed by atoms with Gasteiger partial charge in [-0.2, -0.15) is 0 Å². The molecule has 1 heteroatoms. The predicted octanol–water partition coefficient (Wildman–Crippen LogP) is 3.83. The largest absolute Gasteiger partial charge is 0.312 e. The molecule has 1 aliphatic rings. The molecule has 1 aromatic carbocycles. The van der Waals surface area contributed by atoms with E-state index in [1.807, 2.05) is 0 Å². The van der Waals surface area contributed by atoms with Crippen LogP contribution in [0.5, 0.6) is 0 Å². The van der Waals surface area contributed by atoms with Gasteiger partial charge in [-0.05, 0) is 61.8 Å². The summed E-state index contributed by atoms with van der Waals surface area (Å²) in [7, 11) is 0. The van der Waals surface area contributed by atoms with Gasteiger partial charge in [-0.15, -0.1) is 0 Å². The molecule has 0 aromatic heterocycles. The molecule has 0 aliphatic heterocycles. The summed E-state index contributed by atoms with van der Waals surface area (Å²) in [6.45, 7) is 8.95. The maximum Gasteiger partial charge on any atom is 0.0205 e. The van der Waals surface area contributed by atoms with Gasteiger partial charge >= 0.3 is 0 Å². The van der Waals surface area contributed by atoms with Crippen LogP contribution in [0.15, 0.2) is 18.2 Å². The van der Waals surface area contributed by atoms with Gasteiger partial charge in [0.05, 0.1) is 0 Å². The summed E-state index contributed by atoms with van der Waals surface area (Å²) >= 11 is 0. The van der Waals surface area contributed by atoms with Gasteiger partial charge in [0.2, 0.25) is 0 Å². The van der Waals surface area contributed by atoms with E-state index in [4.69, 9.17) is 0 Å². The minimum atomic E-state index is 0.913. The van der Waals surface area contributed by atoms with Crippen LogP contribution in [-0.4, -0.2) is 6.54 Å². The van der Waals surface area contributed by atoms with E-state index < -0.39 is 0 Å². The normalized spacial score (nSPS) is 24.2. The van der Waals surface area contributed by atoms with E-state index in [9.17, 15) is 0 Å². The number of rotatable bonds is 4. The first-order valence-electron chi connectivity index (χ1n) is 6.92. The molecule has 2 rings (SSSR count). The fourth-order valence-corrected chi connectivity index (χ4v) is 2.84. The van der Waals surface area contributed by atoms with Crippen LogP contribution in [0.1, 0.15) is 42.9 Å². The van der Waals surface area contributed by atoms with Crippen LogP contribution in [0.3, 0.4) is 0 Å². The second-order valence-electron chi connectivity index (χ2n) is 5.83. The molecule has 2 atom stereocenters. The molecule has 1 fully saturated rings. The second-order valence-corrected chi connectivity index (χ2v) is 5.83. The standard InChI is InChI=1S/C16H25N/c1-12-4-6-15(8-12)10-17-11-16-7-5-13(2)14(3)9-16/h5,7,9,12,15,17H,4,6,8,10-11H2,1-3H3. The first-order valence-corrected chi connectivity index (χ1v) is 6.92. The Morgan fingerprint density at radius 3 is 2.65 bits per heavy atom. The van der Waals surface area contributed by atoms with Crippen LogP contribution in [-0.2, 0) is 6.54 Å². The molecular weight excluding hydrogens is 206 g/mol. The predicted molar refractivity (Wildman–Crippen MR) is 74.1 cm³/mol. The highest BCUT2D eigenvalue weighted by molar-refractivity contribution is 5.29. The van der Waals surface area contributed by atoms with Crippen LogP contribution < -0.4 is 5.32 Å². The van der Waals surface area contributed by atoms with Crippen molar-refractivity contribution in [1.29, 1.82) is 0 Å². The van der Waals surface area contributed by atoms with Crippen molar-refractivity contribution in [2.45, 2.75) is 46.6 Å². The zero-order valence-electron chi connectivity index (χ0n) is 11.4. The van der Waals surface area contributed by atoms with Crippen LogP contribution in [0.4, 0.5) is 0 Å². The SMILES string of the molecule is Cc1ccc(CNCC2CCC(C)C2)cc1C. The quantitative estimate of drug-likeness (QED) is 0.830. The molecule has 0 spiro atoms. The van der Waals surface area contributed by atoms with Crippen molar-refractivity contribution < 1.29 is 0 Å². The Labute approximate surface area is 106 Å². The molecule has 0 saturated heterocycles. The van der Waals surface area contributed by atoms with E-state index in [0.717, 1.165) is 18.4 Å².